The first kappa shape index (κ1) is 18.5. The minimum atomic E-state index is -0.961. The molecule has 9 heteroatoms. The molecule has 0 saturated carbocycles. The molecule has 9 nitrogen and oxygen atoms in total. The molecule has 0 atom stereocenters. The number of hydrogen-bond acceptors (Lipinski definition) is 5. The van der Waals surface area contributed by atoms with Crippen LogP contribution < -0.4 is 10.6 Å². The molecule has 5 amide bonds. The SMILES string of the molecule is CN(CC(=O)NCc1ccco1)C(=O)CCN1C(=O)NC(C)(C)C1=O. The fourth-order valence-electron chi connectivity index (χ4n) is 2.38. The van der Waals surface area contributed by atoms with Crippen LogP contribution in [0.4, 0.5) is 4.79 Å². The summed E-state index contributed by atoms with van der Waals surface area (Å²) >= 11 is 0. The molecule has 1 aliphatic rings. The number of nitrogens with one attached hydrogen (secondary N) is 2. The van der Waals surface area contributed by atoms with Gasteiger partial charge < -0.3 is 20.0 Å². The van der Waals surface area contributed by atoms with E-state index in [9.17, 15) is 19.2 Å². The third-order valence-corrected chi connectivity index (χ3v) is 3.84. The monoisotopic (exact) mass is 350 g/mol. The van der Waals surface area contributed by atoms with Crippen LogP contribution in [0, 0.1) is 0 Å². The van der Waals surface area contributed by atoms with Crippen LogP contribution in [0.1, 0.15) is 26.0 Å². The summed E-state index contributed by atoms with van der Waals surface area (Å²) < 4.78 is 5.10. The molecular formula is C16H22N4O5. The van der Waals surface area contributed by atoms with Crippen LogP contribution in [0.2, 0.25) is 0 Å². The predicted molar refractivity (Wildman–Crippen MR) is 87.1 cm³/mol. The Labute approximate surface area is 145 Å². The normalized spacial score (nSPS) is 15.9. The zero-order valence-electron chi connectivity index (χ0n) is 14.5. The van der Waals surface area contributed by atoms with Gasteiger partial charge in [0.1, 0.15) is 11.3 Å². The minimum absolute atomic E-state index is 0.0225. The van der Waals surface area contributed by atoms with Gasteiger partial charge in [-0.25, -0.2) is 4.79 Å². The highest BCUT2D eigenvalue weighted by molar-refractivity contribution is 6.06. The molecule has 0 aliphatic carbocycles. The molecule has 0 radical (unpaired) electrons. The number of urea groups is 1. The Bertz CT molecular complexity index is 668. The first-order valence-corrected chi connectivity index (χ1v) is 7.88. The maximum atomic E-state index is 12.1. The van der Waals surface area contributed by atoms with E-state index in [-0.39, 0.29) is 43.8 Å². The lowest BCUT2D eigenvalue weighted by Gasteiger charge is -2.19. The van der Waals surface area contributed by atoms with Crippen LogP contribution in [0.15, 0.2) is 22.8 Å². The summed E-state index contributed by atoms with van der Waals surface area (Å²) in [5, 5.41) is 5.19. The number of furan rings is 1. The third-order valence-electron chi connectivity index (χ3n) is 3.84. The largest absolute Gasteiger partial charge is 0.467 e. The summed E-state index contributed by atoms with van der Waals surface area (Å²) in [6.45, 7) is 3.30. The topological polar surface area (TPSA) is 112 Å². The van der Waals surface area contributed by atoms with Crippen molar-refractivity contribution in [2.45, 2.75) is 32.4 Å². The van der Waals surface area contributed by atoms with Gasteiger partial charge in [0.2, 0.25) is 11.8 Å². The van der Waals surface area contributed by atoms with Crippen molar-refractivity contribution in [1.82, 2.24) is 20.4 Å². The summed E-state index contributed by atoms with van der Waals surface area (Å²) in [6, 6.07) is 2.94. The molecule has 2 N–H and O–H groups in total. The quantitative estimate of drug-likeness (QED) is 0.676. The lowest BCUT2D eigenvalue weighted by molar-refractivity contribution is -0.136. The average Bonchev–Trinajstić information content (AvgIpc) is 3.11. The number of hydrogen-bond donors (Lipinski definition) is 2. The predicted octanol–water partition coefficient (Wildman–Crippen LogP) is 0.0747. The third kappa shape index (κ3) is 4.59. The van der Waals surface area contributed by atoms with Gasteiger partial charge in [-0.3, -0.25) is 19.3 Å². The van der Waals surface area contributed by atoms with E-state index in [4.69, 9.17) is 4.42 Å². The molecule has 1 aromatic heterocycles. The molecule has 2 rings (SSSR count). The van der Waals surface area contributed by atoms with E-state index in [1.807, 2.05) is 0 Å². The summed E-state index contributed by atoms with van der Waals surface area (Å²) in [5.74, 6) is -0.422. The second-order valence-electron chi connectivity index (χ2n) is 6.37. The molecule has 1 saturated heterocycles. The number of amides is 5. The average molecular weight is 350 g/mol. The van der Waals surface area contributed by atoms with E-state index in [0.29, 0.717) is 5.76 Å². The van der Waals surface area contributed by atoms with Gasteiger partial charge in [0.25, 0.3) is 5.91 Å². The Balaban J connectivity index is 1.75. The van der Waals surface area contributed by atoms with Crippen molar-refractivity contribution in [3.63, 3.8) is 0 Å². The van der Waals surface area contributed by atoms with Crippen molar-refractivity contribution in [3.8, 4) is 0 Å². The van der Waals surface area contributed by atoms with Crippen molar-refractivity contribution < 1.29 is 23.6 Å². The Morgan fingerprint density at radius 3 is 2.64 bits per heavy atom. The van der Waals surface area contributed by atoms with Gasteiger partial charge in [0, 0.05) is 20.0 Å². The number of nitrogens with zero attached hydrogens (tertiary/aromatic N) is 2. The number of rotatable bonds is 7. The lowest BCUT2D eigenvalue weighted by atomic mass is 10.1. The van der Waals surface area contributed by atoms with Crippen LogP contribution in [0.5, 0.6) is 0 Å². The Morgan fingerprint density at radius 2 is 2.08 bits per heavy atom. The number of imide groups is 1. The van der Waals surface area contributed by atoms with Crippen molar-refractivity contribution in [1.29, 1.82) is 0 Å². The van der Waals surface area contributed by atoms with Crippen LogP contribution in [0.25, 0.3) is 0 Å². The standard InChI is InChI=1S/C16H22N4O5/c1-16(2)14(23)20(15(24)18-16)7-6-13(22)19(3)10-12(21)17-9-11-5-4-8-25-11/h4-5,8H,6-7,9-10H2,1-3H3,(H,17,21)(H,18,24). The Hall–Kier alpha value is -2.84. The maximum absolute atomic E-state index is 12.1. The summed E-state index contributed by atoms with van der Waals surface area (Å²) in [7, 11) is 1.49. The molecule has 0 spiro atoms. The van der Waals surface area contributed by atoms with E-state index in [1.165, 1.54) is 18.2 Å². The Kier molecular flexibility index (Phi) is 5.45. The van der Waals surface area contributed by atoms with Gasteiger partial charge in [-0.2, -0.15) is 0 Å². The molecule has 0 bridgehead atoms. The minimum Gasteiger partial charge on any atom is -0.467 e. The number of carbonyl (C=O) groups is 4. The van der Waals surface area contributed by atoms with Crippen molar-refractivity contribution >= 4 is 23.8 Å². The molecule has 1 aliphatic heterocycles. The molecule has 1 fully saturated rings. The van der Waals surface area contributed by atoms with Crippen LogP contribution in [-0.4, -0.2) is 59.2 Å². The molecule has 1 aromatic rings. The van der Waals surface area contributed by atoms with E-state index >= 15 is 0 Å². The van der Waals surface area contributed by atoms with E-state index in [0.717, 1.165) is 4.90 Å². The first-order chi connectivity index (χ1) is 11.7. The highest BCUT2D eigenvalue weighted by atomic mass is 16.3. The molecule has 136 valence electrons. The van der Waals surface area contributed by atoms with Gasteiger partial charge >= 0.3 is 6.03 Å². The molecular weight excluding hydrogens is 328 g/mol. The second-order valence-corrected chi connectivity index (χ2v) is 6.37. The van der Waals surface area contributed by atoms with E-state index in [2.05, 4.69) is 10.6 Å². The zero-order valence-corrected chi connectivity index (χ0v) is 14.5. The van der Waals surface area contributed by atoms with Crippen LogP contribution in [-0.2, 0) is 20.9 Å². The fourth-order valence-corrected chi connectivity index (χ4v) is 2.38. The lowest BCUT2D eigenvalue weighted by Crippen LogP contribution is -2.41. The van der Waals surface area contributed by atoms with Crippen LogP contribution >= 0.6 is 0 Å². The van der Waals surface area contributed by atoms with E-state index in [1.54, 1.807) is 26.0 Å². The van der Waals surface area contributed by atoms with E-state index < -0.39 is 11.6 Å². The van der Waals surface area contributed by atoms with Crippen molar-refractivity contribution in [3.05, 3.63) is 24.2 Å². The summed E-state index contributed by atoms with van der Waals surface area (Å²) in [6.07, 6.45) is 1.46. The molecule has 2 heterocycles. The fraction of sp³-hybridized carbons (Fsp3) is 0.500. The van der Waals surface area contributed by atoms with Gasteiger partial charge in [-0.05, 0) is 26.0 Å². The van der Waals surface area contributed by atoms with Gasteiger partial charge in [0.05, 0.1) is 19.4 Å². The molecule has 0 unspecified atom stereocenters. The second kappa shape index (κ2) is 7.37. The van der Waals surface area contributed by atoms with Crippen molar-refractivity contribution in [2.24, 2.45) is 0 Å². The summed E-state index contributed by atoms with van der Waals surface area (Å²) in [4.78, 5) is 50.0. The van der Waals surface area contributed by atoms with Crippen LogP contribution in [0.3, 0.4) is 0 Å². The summed E-state index contributed by atoms with van der Waals surface area (Å²) in [5.41, 5.74) is -0.961. The Morgan fingerprint density at radius 1 is 1.36 bits per heavy atom. The first-order valence-electron chi connectivity index (χ1n) is 7.88. The number of likely N-dealkylation sites (N-methyl/N-ethyl adjacent to an activating group) is 1. The highest BCUT2D eigenvalue weighted by Crippen LogP contribution is 2.16. The van der Waals surface area contributed by atoms with Gasteiger partial charge in [-0.1, -0.05) is 0 Å². The van der Waals surface area contributed by atoms with Gasteiger partial charge in [0.15, 0.2) is 0 Å². The number of carbonyl (C=O) groups excluding carboxylic acids is 4. The molecule has 0 aromatic carbocycles. The van der Waals surface area contributed by atoms with Gasteiger partial charge in [-0.15, -0.1) is 0 Å². The maximum Gasteiger partial charge on any atom is 0.325 e. The van der Waals surface area contributed by atoms with Crippen molar-refractivity contribution in [2.75, 3.05) is 20.1 Å². The zero-order chi connectivity index (χ0) is 18.6. The molecule has 25 heavy (non-hydrogen) atoms. The smallest absolute Gasteiger partial charge is 0.325 e. The highest BCUT2D eigenvalue weighted by Gasteiger charge is 2.44.